The smallest absolute Gasteiger partial charge is 0.341 e. The van der Waals surface area contributed by atoms with Crippen LogP contribution in [0.2, 0.25) is 0 Å². The van der Waals surface area contributed by atoms with E-state index in [0.29, 0.717) is 18.9 Å². The van der Waals surface area contributed by atoms with Gasteiger partial charge in [0.25, 0.3) is 0 Å². The number of methoxy groups -OCH3 is 1. The molecule has 0 bridgehead atoms. The minimum atomic E-state index is -1.07. The summed E-state index contributed by atoms with van der Waals surface area (Å²) in [6.45, 7) is 0.483. The third-order valence-corrected chi connectivity index (χ3v) is 2.64. The molecule has 0 radical (unpaired) electrons. The van der Waals surface area contributed by atoms with Crippen LogP contribution in [-0.2, 0) is 11.2 Å². The van der Waals surface area contributed by atoms with E-state index in [1.54, 1.807) is 7.11 Å². The summed E-state index contributed by atoms with van der Waals surface area (Å²) in [5.41, 5.74) is 0.807. The second-order valence-electron chi connectivity index (χ2n) is 4.09. The molecule has 2 N–H and O–H groups in total. The Kier molecular flexibility index (Phi) is 4.62. The van der Waals surface area contributed by atoms with Gasteiger partial charge in [0.1, 0.15) is 17.2 Å². The molecule has 6 nitrogen and oxygen atoms in total. The van der Waals surface area contributed by atoms with Crippen LogP contribution in [0.25, 0.3) is 0 Å². The Morgan fingerprint density at radius 1 is 1.35 bits per heavy atom. The van der Waals surface area contributed by atoms with E-state index in [0.717, 1.165) is 5.69 Å². The number of anilines is 2. The Bertz CT molecular complexity index is 587. The lowest BCUT2D eigenvalue weighted by molar-refractivity contribution is 0.0697. The first-order valence-corrected chi connectivity index (χ1v) is 6.11. The van der Waals surface area contributed by atoms with Gasteiger partial charge in [0.15, 0.2) is 0 Å². The molecule has 0 fully saturated rings. The van der Waals surface area contributed by atoms with Gasteiger partial charge in [-0.2, -0.15) is 0 Å². The van der Waals surface area contributed by atoms with Crippen molar-refractivity contribution in [1.29, 1.82) is 0 Å². The Morgan fingerprint density at radius 2 is 2.10 bits per heavy atom. The summed E-state index contributed by atoms with van der Waals surface area (Å²) >= 11 is 0. The van der Waals surface area contributed by atoms with E-state index in [-0.39, 0.29) is 11.4 Å². The average molecular weight is 273 g/mol. The topological polar surface area (TPSA) is 84.3 Å². The SMILES string of the molecule is COCCc1ncc(C(=O)O)c(Nc2ccccc2)n1. The van der Waals surface area contributed by atoms with Crippen molar-refractivity contribution in [2.45, 2.75) is 6.42 Å². The Morgan fingerprint density at radius 3 is 2.75 bits per heavy atom. The molecule has 0 aliphatic heterocycles. The van der Waals surface area contributed by atoms with Gasteiger partial charge in [-0.1, -0.05) is 18.2 Å². The third kappa shape index (κ3) is 3.52. The number of aromatic carboxylic acids is 1. The van der Waals surface area contributed by atoms with Gasteiger partial charge >= 0.3 is 5.97 Å². The quantitative estimate of drug-likeness (QED) is 0.838. The van der Waals surface area contributed by atoms with Crippen LogP contribution >= 0.6 is 0 Å². The molecule has 0 spiro atoms. The molecular weight excluding hydrogens is 258 g/mol. The molecule has 0 atom stereocenters. The average Bonchev–Trinajstić information content (AvgIpc) is 2.46. The van der Waals surface area contributed by atoms with Gasteiger partial charge in [0.2, 0.25) is 0 Å². The maximum Gasteiger partial charge on any atom is 0.341 e. The summed E-state index contributed by atoms with van der Waals surface area (Å²) in [6, 6.07) is 9.27. The van der Waals surface area contributed by atoms with E-state index in [1.165, 1.54) is 6.20 Å². The molecule has 1 aromatic heterocycles. The van der Waals surface area contributed by atoms with Gasteiger partial charge in [-0.05, 0) is 12.1 Å². The molecular formula is C14H15N3O3. The van der Waals surface area contributed by atoms with Crippen LogP contribution in [0.4, 0.5) is 11.5 Å². The van der Waals surface area contributed by atoms with Crippen molar-refractivity contribution in [2.75, 3.05) is 19.0 Å². The van der Waals surface area contributed by atoms with E-state index < -0.39 is 5.97 Å². The number of para-hydroxylation sites is 1. The second-order valence-corrected chi connectivity index (χ2v) is 4.09. The van der Waals surface area contributed by atoms with Crippen LogP contribution in [0, 0.1) is 0 Å². The molecule has 0 unspecified atom stereocenters. The molecule has 0 amide bonds. The normalized spacial score (nSPS) is 10.2. The summed E-state index contributed by atoms with van der Waals surface area (Å²) in [4.78, 5) is 19.5. The first kappa shape index (κ1) is 14.0. The highest BCUT2D eigenvalue weighted by Gasteiger charge is 2.13. The highest BCUT2D eigenvalue weighted by Crippen LogP contribution is 2.18. The monoisotopic (exact) mass is 273 g/mol. The van der Waals surface area contributed by atoms with Gasteiger partial charge in [-0.25, -0.2) is 14.8 Å². The fourth-order valence-electron chi connectivity index (χ4n) is 1.64. The van der Waals surface area contributed by atoms with Crippen LogP contribution < -0.4 is 5.32 Å². The first-order valence-electron chi connectivity index (χ1n) is 6.11. The summed E-state index contributed by atoms with van der Waals surface area (Å²) in [5.74, 6) is -0.248. The summed E-state index contributed by atoms with van der Waals surface area (Å²) < 4.78 is 4.96. The lowest BCUT2D eigenvalue weighted by Gasteiger charge is -2.09. The van der Waals surface area contributed by atoms with Crippen LogP contribution in [0.15, 0.2) is 36.5 Å². The van der Waals surface area contributed by atoms with Gasteiger partial charge in [-0.15, -0.1) is 0 Å². The summed E-state index contributed by atoms with van der Waals surface area (Å²) in [6.07, 6.45) is 1.84. The number of nitrogens with zero attached hydrogens (tertiary/aromatic N) is 2. The van der Waals surface area contributed by atoms with E-state index in [4.69, 9.17) is 9.84 Å². The zero-order valence-electron chi connectivity index (χ0n) is 11.0. The van der Waals surface area contributed by atoms with E-state index in [2.05, 4.69) is 15.3 Å². The molecule has 2 rings (SSSR count). The Labute approximate surface area is 116 Å². The molecule has 2 aromatic rings. The van der Waals surface area contributed by atoms with Gasteiger partial charge in [0, 0.05) is 25.4 Å². The van der Waals surface area contributed by atoms with Crippen LogP contribution in [0.5, 0.6) is 0 Å². The largest absolute Gasteiger partial charge is 0.477 e. The first-order chi connectivity index (χ1) is 9.70. The maximum atomic E-state index is 11.2. The van der Waals surface area contributed by atoms with Crippen molar-refractivity contribution >= 4 is 17.5 Å². The van der Waals surface area contributed by atoms with E-state index in [1.807, 2.05) is 30.3 Å². The number of hydrogen-bond acceptors (Lipinski definition) is 5. The number of carboxylic acid groups (broad SMARTS) is 1. The van der Waals surface area contributed by atoms with Crippen LogP contribution in [-0.4, -0.2) is 34.8 Å². The zero-order valence-corrected chi connectivity index (χ0v) is 11.0. The number of benzene rings is 1. The zero-order chi connectivity index (χ0) is 14.4. The molecule has 0 aliphatic carbocycles. The second kappa shape index (κ2) is 6.63. The fourth-order valence-corrected chi connectivity index (χ4v) is 1.64. The molecule has 0 saturated carbocycles. The Balaban J connectivity index is 2.29. The molecule has 104 valence electrons. The predicted molar refractivity (Wildman–Crippen MR) is 74.3 cm³/mol. The number of aromatic nitrogens is 2. The van der Waals surface area contributed by atoms with Gasteiger partial charge in [0.05, 0.1) is 6.61 Å². The third-order valence-electron chi connectivity index (χ3n) is 2.64. The highest BCUT2D eigenvalue weighted by atomic mass is 16.5. The van der Waals surface area contributed by atoms with Gasteiger partial charge in [-0.3, -0.25) is 0 Å². The summed E-state index contributed by atoms with van der Waals surface area (Å²) in [5, 5.41) is 12.2. The number of nitrogens with one attached hydrogen (secondary N) is 1. The van der Waals surface area contributed by atoms with Gasteiger partial charge < -0.3 is 15.2 Å². The van der Waals surface area contributed by atoms with Crippen molar-refractivity contribution in [3.05, 3.63) is 47.9 Å². The maximum absolute atomic E-state index is 11.2. The van der Waals surface area contributed by atoms with E-state index >= 15 is 0 Å². The number of carbonyl (C=O) groups is 1. The minimum Gasteiger partial charge on any atom is -0.477 e. The molecule has 1 heterocycles. The predicted octanol–water partition coefficient (Wildman–Crippen LogP) is 2.11. The van der Waals surface area contributed by atoms with Crippen molar-refractivity contribution in [3.63, 3.8) is 0 Å². The molecule has 6 heteroatoms. The highest BCUT2D eigenvalue weighted by molar-refractivity contribution is 5.93. The lowest BCUT2D eigenvalue weighted by atomic mass is 10.2. The van der Waals surface area contributed by atoms with Crippen molar-refractivity contribution in [1.82, 2.24) is 9.97 Å². The number of hydrogen-bond donors (Lipinski definition) is 2. The standard InChI is InChI=1S/C14H15N3O3/c1-20-8-7-12-15-9-11(14(18)19)13(17-12)16-10-5-3-2-4-6-10/h2-6,9H,7-8H2,1H3,(H,18,19)(H,15,16,17). The number of carboxylic acids is 1. The summed E-state index contributed by atoms with van der Waals surface area (Å²) in [7, 11) is 1.59. The Hall–Kier alpha value is -2.47. The van der Waals surface area contributed by atoms with E-state index in [9.17, 15) is 4.79 Å². The van der Waals surface area contributed by atoms with Crippen molar-refractivity contribution in [2.24, 2.45) is 0 Å². The molecule has 0 saturated heterocycles. The minimum absolute atomic E-state index is 0.0371. The molecule has 0 aliphatic rings. The van der Waals surface area contributed by atoms with Crippen LogP contribution in [0.3, 0.4) is 0 Å². The molecule has 20 heavy (non-hydrogen) atoms. The fraction of sp³-hybridized carbons (Fsp3) is 0.214. The number of rotatable bonds is 6. The number of ether oxygens (including phenoxy) is 1. The van der Waals surface area contributed by atoms with Crippen molar-refractivity contribution < 1.29 is 14.6 Å². The van der Waals surface area contributed by atoms with Crippen LogP contribution in [0.1, 0.15) is 16.2 Å². The lowest BCUT2D eigenvalue weighted by Crippen LogP contribution is -2.09. The van der Waals surface area contributed by atoms with Crippen molar-refractivity contribution in [3.8, 4) is 0 Å². The molecule has 1 aromatic carbocycles.